The van der Waals surface area contributed by atoms with Gasteiger partial charge >= 0.3 is 6.61 Å². The van der Waals surface area contributed by atoms with Crippen LogP contribution in [0.25, 0.3) is 11.1 Å². The lowest BCUT2D eigenvalue weighted by atomic mass is 9.74. The summed E-state index contributed by atoms with van der Waals surface area (Å²) < 4.78 is 36.5. The number of halogens is 2. The Kier molecular flexibility index (Phi) is 5.83. The summed E-state index contributed by atoms with van der Waals surface area (Å²) in [4.78, 5) is 19.6. The van der Waals surface area contributed by atoms with Gasteiger partial charge in [0.1, 0.15) is 17.1 Å². The van der Waals surface area contributed by atoms with Crippen LogP contribution in [0.4, 0.5) is 8.78 Å². The van der Waals surface area contributed by atoms with Gasteiger partial charge in [0.2, 0.25) is 0 Å². The van der Waals surface area contributed by atoms with E-state index in [4.69, 9.17) is 10.5 Å². The molecule has 2 aliphatic heterocycles. The third-order valence-electron chi connectivity index (χ3n) is 6.75. The van der Waals surface area contributed by atoms with Crippen molar-refractivity contribution in [2.75, 3.05) is 7.05 Å². The first-order valence-corrected chi connectivity index (χ1v) is 11.6. The van der Waals surface area contributed by atoms with E-state index in [1.807, 2.05) is 25.1 Å². The number of guanidine groups is 1. The molecule has 0 saturated heterocycles. The largest absolute Gasteiger partial charge is 0.487 e. The minimum Gasteiger partial charge on any atom is -0.487 e. The molecule has 9 heteroatoms. The third-order valence-corrected chi connectivity index (χ3v) is 6.75. The summed E-state index contributed by atoms with van der Waals surface area (Å²) in [5.74, 6) is 0.349. The van der Waals surface area contributed by atoms with Crippen molar-refractivity contribution in [3.8, 4) is 28.7 Å². The number of aliphatic imine (C=N–C) groups is 1. The van der Waals surface area contributed by atoms with Crippen LogP contribution in [0.15, 0.2) is 71.7 Å². The Labute approximate surface area is 212 Å². The van der Waals surface area contributed by atoms with Crippen LogP contribution in [-0.4, -0.2) is 36.0 Å². The van der Waals surface area contributed by atoms with E-state index in [-0.39, 0.29) is 24.0 Å². The van der Waals surface area contributed by atoms with Crippen LogP contribution in [-0.2, 0) is 16.8 Å². The van der Waals surface area contributed by atoms with Crippen molar-refractivity contribution in [2.45, 2.75) is 37.5 Å². The zero-order valence-electron chi connectivity index (χ0n) is 20.2. The SMILES string of the molecule is CN1C(=O)[C@]2(C[C@@](C)(Cc3cccc(OC(F)F)c3)Oc3ccc(-c4cccc(C#N)c4)cc32)N=C1N. The summed E-state index contributed by atoms with van der Waals surface area (Å²) in [6, 6.07) is 21.3. The molecule has 37 heavy (non-hydrogen) atoms. The molecule has 2 aliphatic rings. The van der Waals surface area contributed by atoms with Crippen molar-refractivity contribution in [2.24, 2.45) is 10.7 Å². The van der Waals surface area contributed by atoms with E-state index in [0.29, 0.717) is 28.9 Å². The standard InChI is InChI=1S/C28H24F2N4O3/c1-27(14-17-5-4-8-21(12-17)36-25(29)30)16-28(24(35)34(2)26(32)33-28)22-13-20(9-10-23(22)37-27)19-7-3-6-18(11-19)15-31/h3-13,25H,14,16H2,1-2H3,(H2,32,33)/t27-,28-/m1/s1. The summed E-state index contributed by atoms with van der Waals surface area (Å²) in [7, 11) is 1.58. The number of nitriles is 1. The fraction of sp³-hybridized carbons (Fsp3) is 0.250. The zero-order valence-corrected chi connectivity index (χ0v) is 20.2. The summed E-state index contributed by atoms with van der Waals surface area (Å²) >= 11 is 0. The Morgan fingerprint density at radius 1 is 1.16 bits per heavy atom. The van der Waals surface area contributed by atoms with Gasteiger partial charge < -0.3 is 15.2 Å². The lowest BCUT2D eigenvalue weighted by Crippen LogP contribution is -2.51. The summed E-state index contributed by atoms with van der Waals surface area (Å²) in [6.07, 6.45) is 0.492. The predicted molar refractivity (Wildman–Crippen MR) is 133 cm³/mol. The van der Waals surface area contributed by atoms with Gasteiger partial charge in [0.15, 0.2) is 11.5 Å². The molecule has 0 aliphatic carbocycles. The highest BCUT2D eigenvalue weighted by molar-refractivity contribution is 6.07. The minimum atomic E-state index is -2.93. The number of nitrogens with zero attached hydrogens (tertiary/aromatic N) is 3. The first kappa shape index (κ1) is 24.3. The number of carbonyl (C=O) groups excluding carboxylic acids is 1. The van der Waals surface area contributed by atoms with Crippen LogP contribution in [0.5, 0.6) is 11.5 Å². The molecular weight excluding hydrogens is 478 g/mol. The topological polar surface area (TPSA) is 101 Å². The Morgan fingerprint density at radius 2 is 1.92 bits per heavy atom. The molecule has 5 rings (SSSR count). The quantitative estimate of drug-likeness (QED) is 0.550. The second kappa shape index (κ2) is 8.89. The number of ether oxygens (including phenoxy) is 2. The molecule has 2 heterocycles. The van der Waals surface area contributed by atoms with Crippen molar-refractivity contribution < 1.29 is 23.0 Å². The fourth-order valence-electron chi connectivity index (χ4n) is 5.18. The van der Waals surface area contributed by atoms with Crippen LogP contribution in [0.2, 0.25) is 0 Å². The van der Waals surface area contributed by atoms with Gasteiger partial charge in [0, 0.05) is 25.5 Å². The molecule has 3 aromatic carbocycles. The molecule has 0 unspecified atom stereocenters. The van der Waals surface area contributed by atoms with E-state index in [1.165, 1.54) is 17.0 Å². The smallest absolute Gasteiger partial charge is 0.387 e. The molecule has 0 bridgehead atoms. The molecule has 3 aromatic rings. The number of likely N-dealkylation sites (N-methyl/N-ethyl adjacent to an activating group) is 1. The monoisotopic (exact) mass is 502 g/mol. The number of benzene rings is 3. The minimum absolute atomic E-state index is 0.0465. The molecule has 1 spiro atoms. The van der Waals surface area contributed by atoms with Gasteiger partial charge in [0.25, 0.3) is 5.91 Å². The number of hydrogen-bond acceptors (Lipinski definition) is 6. The van der Waals surface area contributed by atoms with E-state index >= 15 is 0 Å². The highest BCUT2D eigenvalue weighted by Gasteiger charge is 2.56. The molecule has 2 N–H and O–H groups in total. The number of amides is 1. The molecule has 0 fully saturated rings. The van der Waals surface area contributed by atoms with E-state index in [0.717, 1.165) is 11.1 Å². The highest BCUT2D eigenvalue weighted by atomic mass is 19.3. The molecule has 0 aromatic heterocycles. The van der Waals surface area contributed by atoms with Gasteiger partial charge in [-0.2, -0.15) is 14.0 Å². The second-order valence-corrected chi connectivity index (χ2v) is 9.53. The Balaban J connectivity index is 1.58. The van der Waals surface area contributed by atoms with Gasteiger partial charge in [0.05, 0.1) is 11.6 Å². The van der Waals surface area contributed by atoms with Crippen LogP contribution in [0, 0.1) is 11.3 Å². The van der Waals surface area contributed by atoms with Crippen LogP contribution < -0.4 is 15.2 Å². The zero-order chi connectivity index (χ0) is 26.4. The van der Waals surface area contributed by atoms with Crippen molar-refractivity contribution >= 4 is 11.9 Å². The molecule has 1 amide bonds. The number of alkyl halides is 2. The number of rotatable bonds is 5. The molecule has 2 atom stereocenters. The Hall–Kier alpha value is -4.45. The third kappa shape index (κ3) is 4.35. The Morgan fingerprint density at radius 3 is 2.62 bits per heavy atom. The maximum Gasteiger partial charge on any atom is 0.387 e. The summed E-state index contributed by atoms with van der Waals surface area (Å²) in [5.41, 5.74) is 7.31. The van der Waals surface area contributed by atoms with Gasteiger partial charge in [-0.3, -0.25) is 9.69 Å². The van der Waals surface area contributed by atoms with Crippen molar-refractivity contribution in [1.82, 2.24) is 4.90 Å². The first-order valence-electron chi connectivity index (χ1n) is 11.6. The van der Waals surface area contributed by atoms with Crippen molar-refractivity contribution in [3.63, 3.8) is 0 Å². The summed E-state index contributed by atoms with van der Waals surface area (Å²) in [5, 5.41) is 9.30. The number of carbonyl (C=O) groups is 1. The number of fused-ring (bicyclic) bond motifs is 2. The van der Waals surface area contributed by atoms with E-state index in [2.05, 4.69) is 15.8 Å². The normalized spacial score (nSPS) is 22.4. The van der Waals surface area contributed by atoms with Crippen LogP contribution >= 0.6 is 0 Å². The predicted octanol–water partition coefficient (Wildman–Crippen LogP) is 4.59. The molecule has 0 saturated carbocycles. The Bertz CT molecular complexity index is 1470. The summed E-state index contributed by atoms with van der Waals surface area (Å²) in [6.45, 7) is -1.07. The van der Waals surface area contributed by atoms with E-state index in [1.54, 1.807) is 43.4 Å². The van der Waals surface area contributed by atoms with Crippen molar-refractivity contribution in [3.05, 3.63) is 83.4 Å². The number of hydrogen-bond donors (Lipinski definition) is 1. The van der Waals surface area contributed by atoms with Gasteiger partial charge in [-0.05, 0) is 60.0 Å². The van der Waals surface area contributed by atoms with Gasteiger partial charge in [-0.15, -0.1) is 0 Å². The first-order chi connectivity index (χ1) is 17.6. The molecule has 0 radical (unpaired) electrons. The average molecular weight is 503 g/mol. The van der Waals surface area contributed by atoms with Gasteiger partial charge in [-0.1, -0.05) is 30.3 Å². The van der Waals surface area contributed by atoms with Crippen LogP contribution in [0.1, 0.15) is 30.0 Å². The van der Waals surface area contributed by atoms with Crippen molar-refractivity contribution in [1.29, 1.82) is 5.26 Å². The lowest BCUT2D eigenvalue weighted by molar-refractivity contribution is -0.133. The number of nitrogens with two attached hydrogens (primary N) is 1. The highest BCUT2D eigenvalue weighted by Crippen LogP contribution is 2.50. The maximum atomic E-state index is 13.6. The van der Waals surface area contributed by atoms with E-state index in [9.17, 15) is 18.8 Å². The average Bonchev–Trinajstić information content (AvgIpc) is 3.07. The fourth-order valence-corrected chi connectivity index (χ4v) is 5.18. The van der Waals surface area contributed by atoms with E-state index < -0.39 is 17.8 Å². The lowest BCUT2D eigenvalue weighted by Gasteiger charge is -2.43. The maximum absolute atomic E-state index is 13.6. The van der Waals surface area contributed by atoms with Crippen LogP contribution in [0.3, 0.4) is 0 Å². The van der Waals surface area contributed by atoms with Gasteiger partial charge in [-0.25, -0.2) is 4.99 Å². The molecule has 7 nitrogen and oxygen atoms in total. The molecular formula is C28H24F2N4O3. The second-order valence-electron chi connectivity index (χ2n) is 9.53. The molecule has 188 valence electrons.